The summed E-state index contributed by atoms with van der Waals surface area (Å²) in [4.78, 5) is 0. The minimum absolute atomic E-state index is 0.497. The van der Waals surface area contributed by atoms with E-state index in [2.05, 4.69) is 59.4 Å². The zero-order valence-electron chi connectivity index (χ0n) is 12.4. The molecule has 0 heterocycles. The van der Waals surface area contributed by atoms with Gasteiger partial charge in [0.05, 0.1) is 0 Å². The van der Waals surface area contributed by atoms with Crippen LogP contribution < -0.4 is 5.32 Å². The number of rotatable bonds is 10. The molecule has 0 fully saturated rings. The molecule has 0 radical (unpaired) electrons. The topological polar surface area (TPSA) is 12.0 Å². The highest BCUT2D eigenvalue weighted by Gasteiger charge is 2.12. The Hall–Kier alpha value is -0.340. The Morgan fingerprint density at radius 2 is 1.74 bits per heavy atom. The molecule has 0 amide bonds. The molecule has 1 N–H and O–H groups in total. The normalized spacial score (nSPS) is 12.6. The van der Waals surface area contributed by atoms with E-state index in [-0.39, 0.29) is 0 Å². The van der Waals surface area contributed by atoms with Crippen LogP contribution in [0.5, 0.6) is 0 Å². The van der Waals surface area contributed by atoms with E-state index in [1.807, 2.05) is 0 Å². The van der Waals surface area contributed by atoms with E-state index >= 15 is 0 Å². The van der Waals surface area contributed by atoms with Crippen LogP contribution >= 0.6 is 15.9 Å². The van der Waals surface area contributed by atoms with Gasteiger partial charge in [0.15, 0.2) is 0 Å². The number of halogens is 1. The Labute approximate surface area is 127 Å². The summed E-state index contributed by atoms with van der Waals surface area (Å²) >= 11 is 3.68. The van der Waals surface area contributed by atoms with Crippen molar-refractivity contribution in [3.8, 4) is 0 Å². The van der Waals surface area contributed by atoms with Crippen LogP contribution in [0.2, 0.25) is 0 Å². The van der Waals surface area contributed by atoms with E-state index in [1.165, 1.54) is 55.0 Å². The predicted molar refractivity (Wildman–Crippen MR) is 88.6 cm³/mol. The summed E-state index contributed by atoms with van der Waals surface area (Å²) in [6.45, 7) is 5.60. The largest absolute Gasteiger partial charge is 0.310 e. The quantitative estimate of drug-likeness (QED) is 0.532. The lowest BCUT2D eigenvalue weighted by Crippen LogP contribution is -2.22. The first-order valence-corrected chi connectivity index (χ1v) is 8.56. The number of unbranched alkanes of at least 4 members (excludes halogenated alkanes) is 4. The van der Waals surface area contributed by atoms with Gasteiger partial charge in [0, 0.05) is 10.5 Å². The Bertz CT molecular complexity index is 338. The summed E-state index contributed by atoms with van der Waals surface area (Å²) in [6, 6.07) is 9.11. The third-order valence-corrected chi connectivity index (χ3v) is 4.24. The molecule has 0 saturated carbocycles. The first kappa shape index (κ1) is 16.7. The first-order chi connectivity index (χ1) is 9.29. The maximum absolute atomic E-state index is 3.69. The smallest absolute Gasteiger partial charge is 0.0331 e. The SMILES string of the molecule is CCCCCCCC(NCCC)c1ccccc1Br. The summed E-state index contributed by atoms with van der Waals surface area (Å²) in [5.41, 5.74) is 1.41. The Morgan fingerprint density at radius 1 is 1.00 bits per heavy atom. The molecule has 0 saturated heterocycles. The van der Waals surface area contributed by atoms with Crippen molar-refractivity contribution >= 4 is 15.9 Å². The second-order valence-electron chi connectivity index (χ2n) is 5.23. The van der Waals surface area contributed by atoms with Crippen LogP contribution in [0.15, 0.2) is 28.7 Å². The van der Waals surface area contributed by atoms with E-state index in [0.29, 0.717) is 6.04 Å². The molecule has 0 bridgehead atoms. The highest BCUT2D eigenvalue weighted by molar-refractivity contribution is 9.10. The van der Waals surface area contributed by atoms with Crippen LogP contribution in [-0.4, -0.2) is 6.54 Å². The van der Waals surface area contributed by atoms with Gasteiger partial charge in [-0.1, -0.05) is 80.1 Å². The first-order valence-electron chi connectivity index (χ1n) is 7.77. The zero-order chi connectivity index (χ0) is 13.9. The lowest BCUT2D eigenvalue weighted by Gasteiger charge is -2.20. The average molecular weight is 326 g/mol. The van der Waals surface area contributed by atoms with Gasteiger partial charge in [-0.2, -0.15) is 0 Å². The number of nitrogens with one attached hydrogen (secondary N) is 1. The van der Waals surface area contributed by atoms with Crippen molar-refractivity contribution in [2.75, 3.05) is 6.54 Å². The molecule has 0 aliphatic carbocycles. The number of benzene rings is 1. The van der Waals surface area contributed by atoms with Gasteiger partial charge in [0.1, 0.15) is 0 Å². The van der Waals surface area contributed by atoms with Crippen molar-refractivity contribution in [1.29, 1.82) is 0 Å². The minimum Gasteiger partial charge on any atom is -0.310 e. The lowest BCUT2D eigenvalue weighted by atomic mass is 9.99. The monoisotopic (exact) mass is 325 g/mol. The van der Waals surface area contributed by atoms with E-state index in [9.17, 15) is 0 Å². The maximum Gasteiger partial charge on any atom is 0.0331 e. The number of hydrogen-bond acceptors (Lipinski definition) is 1. The summed E-state index contributed by atoms with van der Waals surface area (Å²) in [6.07, 6.45) is 9.20. The Kier molecular flexibility index (Phi) is 9.19. The Morgan fingerprint density at radius 3 is 2.42 bits per heavy atom. The number of hydrogen-bond donors (Lipinski definition) is 1. The fraction of sp³-hybridized carbons (Fsp3) is 0.647. The maximum atomic E-state index is 3.69. The van der Waals surface area contributed by atoms with Crippen molar-refractivity contribution in [2.24, 2.45) is 0 Å². The summed E-state index contributed by atoms with van der Waals surface area (Å²) in [5.74, 6) is 0. The summed E-state index contributed by atoms with van der Waals surface area (Å²) < 4.78 is 1.23. The molecule has 2 heteroatoms. The molecule has 1 aromatic rings. The Balaban J connectivity index is 2.49. The van der Waals surface area contributed by atoms with Crippen LogP contribution in [0.3, 0.4) is 0 Å². The molecule has 0 spiro atoms. The lowest BCUT2D eigenvalue weighted by molar-refractivity contribution is 0.467. The van der Waals surface area contributed by atoms with E-state index in [4.69, 9.17) is 0 Å². The third kappa shape index (κ3) is 6.58. The van der Waals surface area contributed by atoms with Crippen molar-refractivity contribution in [3.05, 3.63) is 34.3 Å². The van der Waals surface area contributed by atoms with Gasteiger partial charge < -0.3 is 5.32 Å². The van der Waals surface area contributed by atoms with Crippen LogP contribution in [0.25, 0.3) is 0 Å². The molecule has 1 rings (SSSR count). The second-order valence-corrected chi connectivity index (χ2v) is 6.09. The van der Waals surface area contributed by atoms with Gasteiger partial charge in [-0.05, 0) is 31.0 Å². The van der Waals surface area contributed by atoms with E-state index < -0.39 is 0 Å². The predicted octanol–water partition coefficient (Wildman–Crippen LogP) is 5.85. The third-order valence-electron chi connectivity index (χ3n) is 3.52. The molecule has 0 aliphatic heterocycles. The molecule has 1 atom stereocenters. The fourth-order valence-corrected chi connectivity index (χ4v) is 2.96. The second kappa shape index (κ2) is 10.4. The van der Waals surface area contributed by atoms with Gasteiger partial charge >= 0.3 is 0 Å². The van der Waals surface area contributed by atoms with Gasteiger partial charge in [-0.25, -0.2) is 0 Å². The van der Waals surface area contributed by atoms with E-state index in [0.717, 1.165) is 6.54 Å². The highest BCUT2D eigenvalue weighted by atomic mass is 79.9. The zero-order valence-corrected chi connectivity index (χ0v) is 14.0. The molecule has 0 aromatic heterocycles. The average Bonchev–Trinajstić information content (AvgIpc) is 2.43. The van der Waals surface area contributed by atoms with E-state index in [1.54, 1.807) is 0 Å². The standard InChI is InChI=1S/C17H28BrN/c1-3-5-6-7-8-13-17(19-14-4-2)15-11-9-10-12-16(15)18/h9-12,17,19H,3-8,13-14H2,1-2H3. The van der Waals surface area contributed by atoms with Gasteiger partial charge in [0.2, 0.25) is 0 Å². The van der Waals surface area contributed by atoms with Crippen LogP contribution in [0.1, 0.15) is 70.4 Å². The van der Waals surface area contributed by atoms with Crippen molar-refractivity contribution in [1.82, 2.24) is 5.32 Å². The van der Waals surface area contributed by atoms with Gasteiger partial charge in [-0.3, -0.25) is 0 Å². The minimum atomic E-state index is 0.497. The van der Waals surface area contributed by atoms with Crippen molar-refractivity contribution in [2.45, 2.75) is 64.8 Å². The summed E-state index contributed by atoms with van der Waals surface area (Å²) in [7, 11) is 0. The summed E-state index contributed by atoms with van der Waals surface area (Å²) in [5, 5.41) is 3.69. The fourth-order valence-electron chi connectivity index (χ4n) is 2.40. The van der Waals surface area contributed by atoms with Crippen molar-refractivity contribution in [3.63, 3.8) is 0 Å². The molecule has 19 heavy (non-hydrogen) atoms. The molecule has 0 aliphatic rings. The molecule has 1 unspecified atom stereocenters. The molecule has 108 valence electrons. The van der Waals surface area contributed by atoms with Crippen molar-refractivity contribution < 1.29 is 0 Å². The van der Waals surface area contributed by atoms with Crippen LogP contribution in [0.4, 0.5) is 0 Å². The van der Waals surface area contributed by atoms with Crippen LogP contribution in [-0.2, 0) is 0 Å². The molecular formula is C17H28BrN. The molecule has 1 nitrogen and oxygen atoms in total. The van der Waals surface area contributed by atoms with Gasteiger partial charge in [0.25, 0.3) is 0 Å². The molecular weight excluding hydrogens is 298 g/mol. The molecule has 1 aromatic carbocycles. The van der Waals surface area contributed by atoms with Crippen LogP contribution in [0, 0.1) is 0 Å². The highest BCUT2D eigenvalue weighted by Crippen LogP contribution is 2.27. The van der Waals surface area contributed by atoms with Gasteiger partial charge in [-0.15, -0.1) is 0 Å².